The zero-order valence-corrected chi connectivity index (χ0v) is 10.7. The summed E-state index contributed by atoms with van der Waals surface area (Å²) < 4.78 is 5.42. The van der Waals surface area contributed by atoms with Gasteiger partial charge in [0.25, 0.3) is 0 Å². The summed E-state index contributed by atoms with van der Waals surface area (Å²) in [5.41, 5.74) is 0. The second-order valence-electron chi connectivity index (χ2n) is 4.88. The van der Waals surface area contributed by atoms with Gasteiger partial charge in [0.05, 0.1) is 19.9 Å². The largest absolute Gasteiger partial charge is 0.391 e. The molecular formula is C11H24B2O2. The molecule has 4 heteroatoms. The van der Waals surface area contributed by atoms with Crippen LogP contribution in [0.3, 0.4) is 0 Å². The summed E-state index contributed by atoms with van der Waals surface area (Å²) in [5, 5.41) is 9.05. The molecule has 15 heavy (non-hydrogen) atoms. The quantitative estimate of drug-likeness (QED) is 0.620. The lowest BCUT2D eigenvalue weighted by Crippen LogP contribution is -2.27. The molecule has 0 aliphatic carbocycles. The molecule has 0 saturated heterocycles. The summed E-state index contributed by atoms with van der Waals surface area (Å²) in [4.78, 5) is 0. The third-order valence-corrected chi connectivity index (χ3v) is 2.15. The van der Waals surface area contributed by atoms with Crippen LogP contribution in [0.5, 0.6) is 0 Å². The van der Waals surface area contributed by atoms with E-state index in [-0.39, 0.29) is 12.1 Å². The number of ether oxygens (including phenoxy) is 1. The van der Waals surface area contributed by atoms with Gasteiger partial charge in [-0.1, -0.05) is 33.0 Å². The highest BCUT2D eigenvalue weighted by molar-refractivity contribution is 7.01. The standard InChI is InChI=1S/C11H24B2O2/c1-8(2)6-9(3)12-13-11(5)15-7-10(4)14/h8-11,14H,6-7H2,1-5H3. The van der Waals surface area contributed by atoms with Gasteiger partial charge < -0.3 is 9.84 Å². The Morgan fingerprint density at radius 1 is 1.07 bits per heavy atom. The van der Waals surface area contributed by atoms with Gasteiger partial charge in [0.2, 0.25) is 0 Å². The number of aliphatic hydroxyl groups is 1. The van der Waals surface area contributed by atoms with Crippen LogP contribution >= 0.6 is 0 Å². The molecule has 3 unspecified atom stereocenters. The van der Waals surface area contributed by atoms with Crippen LogP contribution in [0.25, 0.3) is 0 Å². The Morgan fingerprint density at radius 2 is 1.67 bits per heavy atom. The van der Waals surface area contributed by atoms with Crippen LogP contribution in [-0.2, 0) is 4.74 Å². The lowest BCUT2D eigenvalue weighted by Gasteiger charge is -2.17. The van der Waals surface area contributed by atoms with Crippen molar-refractivity contribution in [3.63, 3.8) is 0 Å². The lowest BCUT2D eigenvalue weighted by atomic mass is 9.31. The predicted molar refractivity (Wildman–Crippen MR) is 67.5 cm³/mol. The van der Waals surface area contributed by atoms with Crippen LogP contribution < -0.4 is 0 Å². The topological polar surface area (TPSA) is 29.5 Å². The van der Waals surface area contributed by atoms with Gasteiger partial charge in [-0.15, -0.1) is 0 Å². The van der Waals surface area contributed by atoms with Crippen LogP contribution in [-0.4, -0.2) is 38.2 Å². The van der Waals surface area contributed by atoms with Crippen molar-refractivity contribution in [2.24, 2.45) is 5.92 Å². The molecule has 3 atom stereocenters. The van der Waals surface area contributed by atoms with E-state index in [4.69, 9.17) is 9.84 Å². The molecule has 2 radical (unpaired) electrons. The summed E-state index contributed by atoms with van der Waals surface area (Å²) in [5.74, 6) is 1.33. The average Bonchev–Trinajstić information content (AvgIpc) is 2.10. The minimum Gasteiger partial charge on any atom is -0.391 e. The van der Waals surface area contributed by atoms with E-state index in [0.29, 0.717) is 12.4 Å². The van der Waals surface area contributed by atoms with Gasteiger partial charge in [-0.3, -0.25) is 0 Å². The van der Waals surface area contributed by atoms with E-state index < -0.39 is 0 Å². The third kappa shape index (κ3) is 10.3. The molecule has 0 heterocycles. The predicted octanol–water partition coefficient (Wildman–Crippen LogP) is 1.91. The molecule has 0 bridgehead atoms. The fraction of sp³-hybridized carbons (Fsp3) is 1.00. The van der Waals surface area contributed by atoms with E-state index in [2.05, 4.69) is 35.1 Å². The first kappa shape index (κ1) is 15.0. The van der Waals surface area contributed by atoms with E-state index in [1.807, 2.05) is 6.92 Å². The van der Waals surface area contributed by atoms with Crippen molar-refractivity contribution in [2.75, 3.05) is 6.61 Å². The van der Waals surface area contributed by atoms with Crippen LogP contribution in [0.4, 0.5) is 0 Å². The zero-order valence-electron chi connectivity index (χ0n) is 10.7. The van der Waals surface area contributed by atoms with Gasteiger partial charge in [-0.25, -0.2) is 0 Å². The van der Waals surface area contributed by atoms with Crippen LogP contribution in [0.1, 0.15) is 41.0 Å². The highest BCUT2D eigenvalue weighted by Gasteiger charge is 2.11. The van der Waals surface area contributed by atoms with Gasteiger partial charge in [-0.2, -0.15) is 0 Å². The van der Waals surface area contributed by atoms with Gasteiger partial charge in [0.1, 0.15) is 7.17 Å². The molecule has 0 saturated carbocycles. The first-order valence-corrected chi connectivity index (χ1v) is 5.89. The van der Waals surface area contributed by atoms with Crippen molar-refractivity contribution < 1.29 is 9.84 Å². The van der Waals surface area contributed by atoms with Crippen LogP contribution in [0.2, 0.25) is 5.82 Å². The van der Waals surface area contributed by atoms with Gasteiger partial charge in [0, 0.05) is 6.00 Å². The van der Waals surface area contributed by atoms with Crippen molar-refractivity contribution in [3.05, 3.63) is 0 Å². The first-order valence-electron chi connectivity index (χ1n) is 5.89. The monoisotopic (exact) mass is 210 g/mol. The molecule has 0 aliphatic rings. The summed E-state index contributed by atoms with van der Waals surface area (Å²) >= 11 is 0. The van der Waals surface area contributed by atoms with E-state index in [1.165, 1.54) is 6.42 Å². The smallest absolute Gasteiger partial charge is 0.105 e. The number of aliphatic hydroxyl groups excluding tert-OH is 1. The highest BCUT2D eigenvalue weighted by Crippen LogP contribution is 2.14. The van der Waals surface area contributed by atoms with Crippen molar-refractivity contribution in [1.29, 1.82) is 0 Å². The van der Waals surface area contributed by atoms with E-state index >= 15 is 0 Å². The van der Waals surface area contributed by atoms with Crippen LogP contribution in [0, 0.1) is 5.92 Å². The molecule has 0 spiro atoms. The number of rotatable bonds is 8. The normalized spacial score (nSPS) is 17.3. The summed E-state index contributed by atoms with van der Waals surface area (Å²) in [6.45, 7) is 10.8. The summed E-state index contributed by atoms with van der Waals surface area (Å²) in [7, 11) is 4.28. The van der Waals surface area contributed by atoms with Crippen molar-refractivity contribution in [2.45, 2.75) is 59.0 Å². The third-order valence-electron chi connectivity index (χ3n) is 2.15. The Labute approximate surface area is 96.3 Å². The zero-order chi connectivity index (χ0) is 11.8. The molecule has 0 amide bonds. The summed E-state index contributed by atoms with van der Waals surface area (Å²) in [6, 6.07) is 0.0919. The Bertz CT molecular complexity index is 152. The SMILES string of the molecule is CC(C)CC(C)[B][B]C(C)OCC(C)O. The van der Waals surface area contributed by atoms with E-state index in [0.717, 1.165) is 5.92 Å². The van der Waals surface area contributed by atoms with Crippen LogP contribution in [0.15, 0.2) is 0 Å². The highest BCUT2D eigenvalue weighted by atomic mass is 16.5. The molecule has 0 rings (SSSR count). The maximum atomic E-state index is 9.05. The number of hydrogen-bond donors (Lipinski definition) is 1. The maximum Gasteiger partial charge on any atom is 0.105 e. The molecule has 0 fully saturated rings. The van der Waals surface area contributed by atoms with Crippen molar-refractivity contribution in [1.82, 2.24) is 0 Å². The fourth-order valence-electron chi connectivity index (χ4n) is 1.51. The van der Waals surface area contributed by atoms with Gasteiger partial charge in [-0.05, 0) is 19.8 Å². The summed E-state index contributed by atoms with van der Waals surface area (Å²) in [6.07, 6.45) is 0.827. The van der Waals surface area contributed by atoms with Gasteiger partial charge in [0.15, 0.2) is 0 Å². The Morgan fingerprint density at radius 3 is 2.13 bits per heavy atom. The second kappa shape index (κ2) is 8.23. The molecule has 2 nitrogen and oxygen atoms in total. The maximum absolute atomic E-state index is 9.05. The minimum absolute atomic E-state index is 0.0919. The molecule has 1 N–H and O–H groups in total. The molecule has 0 aromatic carbocycles. The Hall–Kier alpha value is 0.0499. The lowest BCUT2D eigenvalue weighted by molar-refractivity contribution is 0.0363. The Kier molecular flexibility index (Phi) is 8.26. The van der Waals surface area contributed by atoms with E-state index in [9.17, 15) is 0 Å². The molecule has 86 valence electrons. The first-order chi connectivity index (χ1) is 6.91. The molecule has 0 aromatic heterocycles. The van der Waals surface area contributed by atoms with Gasteiger partial charge >= 0.3 is 0 Å². The number of hydrogen-bond acceptors (Lipinski definition) is 2. The minimum atomic E-state index is -0.381. The average molecular weight is 210 g/mol. The molecular weight excluding hydrogens is 186 g/mol. The molecule has 0 aromatic rings. The second-order valence-corrected chi connectivity index (χ2v) is 4.88. The van der Waals surface area contributed by atoms with Crippen molar-refractivity contribution in [3.8, 4) is 0 Å². The van der Waals surface area contributed by atoms with E-state index in [1.54, 1.807) is 6.92 Å². The molecule has 0 aliphatic heterocycles. The van der Waals surface area contributed by atoms with Crippen molar-refractivity contribution >= 4 is 14.3 Å². The Balaban J connectivity index is 3.48. The fourth-order valence-corrected chi connectivity index (χ4v) is 1.51.